The Morgan fingerprint density at radius 3 is 2.52 bits per heavy atom. The minimum atomic E-state index is -3.80. The van der Waals surface area contributed by atoms with Crippen molar-refractivity contribution in [2.45, 2.75) is 56.2 Å². The lowest BCUT2D eigenvalue weighted by molar-refractivity contribution is -0.146. The second-order valence-corrected chi connectivity index (χ2v) is 8.87. The number of aliphatic carboxylic acids is 1. The summed E-state index contributed by atoms with van der Waals surface area (Å²) in [6, 6.07) is 8.77. The summed E-state index contributed by atoms with van der Waals surface area (Å²) in [5, 5.41) is 8.14. The van der Waals surface area contributed by atoms with Crippen molar-refractivity contribution in [3.63, 3.8) is 0 Å². The van der Waals surface area contributed by atoms with Gasteiger partial charge in [-0.25, -0.2) is 13.1 Å². The summed E-state index contributed by atoms with van der Waals surface area (Å²) >= 11 is 0. The summed E-state index contributed by atoms with van der Waals surface area (Å²) in [6.07, 6.45) is 2.84. The van der Waals surface area contributed by atoms with E-state index in [4.69, 9.17) is 9.84 Å². The molecule has 3 unspecified atom stereocenters. The minimum absolute atomic E-state index is 0.134. The molecule has 1 saturated carbocycles. The largest absolute Gasteiger partial charge is 0.481 e. The van der Waals surface area contributed by atoms with Crippen LogP contribution in [0.15, 0.2) is 30.3 Å². The Morgan fingerprint density at radius 2 is 1.89 bits per heavy atom. The smallest absolute Gasteiger partial charge is 0.310 e. The lowest BCUT2D eigenvalue weighted by atomic mass is 9.89. The molecule has 2 N–H and O–H groups in total. The number of carboxylic acids is 1. The predicted octanol–water partition coefficient (Wildman–Crippen LogP) is 2.11. The van der Waals surface area contributed by atoms with E-state index in [2.05, 4.69) is 4.72 Å². The highest BCUT2D eigenvalue weighted by atomic mass is 32.2. The van der Waals surface area contributed by atoms with Crippen molar-refractivity contribution in [2.24, 2.45) is 5.92 Å². The zero-order chi connectivity index (χ0) is 19.9. The average Bonchev–Trinajstić information content (AvgIpc) is 2.66. The molecule has 1 aromatic carbocycles. The van der Waals surface area contributed by atoms with E-state index < -0.39 is 39.2 Å². The van der Waals surface area contributed by atoms with Gasteiger partial charge < -0.3 is 9.84 Å². The number of esters is 1. The number of methoxy groups -OCH3 is 1. The molecule has 1 fully saturated rings. The fraction of sp³-hybridized carbons (Fsp3) is 0.579. The van der Waals surface area contributed by atoms with Gasteiger partial charge in [0.25, 0.3) is 0 Å². The van der Waals surface area contributed by atoms with Crippen molar-refractivity contribution in [1.29, 1.82) is 0 Å². The van der Waals surface area contributed by atoms with Crippen molar-refractivity contribution in [3.05, 3.63) is 35.9 Å². The maximum Gasteiger partial charge on any atom is 0.310 e. The van der Waals surface area contributed by atoms with Crippen LogP contribution in [-0.4, -0.2) is 43.9 Å². The summed E-state index contributed by atoms with van der Waals surface area (Å²) in [4.78, 5) is 23.0. The molecular formula is C19H27NO6S. The van der Waals surface area contributed by atoms with Crippen LogP contribution < -0.4 is 4.72 Å². The maximum atomic E-state index is 13.0. The molecule has 7 nitrogen and oxygen atoms in total. The van der Waals surface area contributed by atoms with Crippen molar-refractivity contribution in [2.75, 3.05) is 7.11 Å². The number of carbonyl (C=O) groups is 2. The predicted molar refractivity (Wildman–Crippen MR) is 101 cm³/mol. The van der Waals surface area contributed by atoms with E-state index in [0.29, 0.717) is 19.3 Å². The summed E-state index contributed by atoms with van der Waals surface area (Å²) in [5.74, 6) is -2.16. The quantitative estimate of drug-likeness (QED) is 0.618. The van der Waals surface area contributed by atoms with Crippen molar-refractivity contribution < 1.29 is 27.9 Å². The molecular weight excluding hydrogens is 370 g/mol. The third kappa shape index (κ3) is 6.32. The normalized spacial score (nSPS) is 21.4. The van der Waals surface area contributed by atoms with E-state index in [1.807, 2.05) is 30.3 Å². The van der Waals surface area contributed by atoms with Gasteiger partial charge >= 0.3 is 11.9 Å². The van der Waals surface area contributed by atoms with Crippen LogP contribution >= 0.6 is 0 Å². The summed E-state index contributed by atoms with van der Waals surface area (Å²) in [7, 11) is -2.54. The van der Waals surface area contributed by atoms with Crippen LogP contribution in [0, 0.1) is 5.92 Å². The Balaban J connectivity index is 2.17. The highest BCUT2D eigenvalue weighted by molar-refractivity contribution is 7.90. The summed E-state index contributed by atoms with van der Waals surface area (Å²) < 4.78 is 33.5. The fourth-order valence-corrected chi connectivity index (χ4v) is 5.61. The Morgan fingerprint density at radius 1 is 1.22 bits per heavy atom. The maximum absolute atomic E-state index is 13.0. The molecule has 1 aliphatic carbocycles. The van der Waals surface area contributed by atoms with E-state index in [1.165, 1.54) is 7.11 Å². The number of benzene rings is 1. The standard InChI is InChI=1S/C19H27NO6S/c1-26-19(23)16-9-5-6-10-17(16)27(24,25)20-15(11-12-18(21)22)13-14-7-3-2-4-8-14/h2-4,7-8,15-17,20H,5-6,9-13H2,1H3,(H,21,22). The van der Waals surface area contributed by atoms with Gasteiger partial charge in [-0.2, -0.15) is 0 Å². The number of ether oxygens (including phenoxy) is 1. The van der Waals surface area contributed by atoms with Gasteiger partial charge in [-0.15, -0.1) is 0 Å². The van der Waals surface area contributed by atoms with Crippen LogP contribution in [0.25, 0.3) is 0 Å². The van der Waals surface area contributed by atoms with Crippen LogP contribution in [-0.2, 0) is 30.8 Å². The molecule has 0 aliphatic heterocycles. The van der Waals surface area contributed by atoms with E-state index in [0.717, 1.165) is 18.4 Å². The highest BCUT2D eigenvalue weighted by Gasteiger charge is 2.41. The zero-order valence-corrected chi connectivity index (χ0v) is 16.3. The summed E-state index contributed by atoms with van der Waals surface area (Å²) in [5.41, 5.74) is 0.920. The van der Waals surface area contributed by atoms with Gasteiger partial charge in [0.15, 0.2) is 0 Å². The first-order chi connectivity index (χ1) is 12.8. The Labute approximate surface area is 160 Å². The molecule has 3 atom stereocenters. The first-order valence-corrected chi connectivity index (χ1v) is 10.7. The van der Waals surface area contributed by atoms with Gasteiger partial charge in [-0.05, 0) is 31.2 Å². The number of carbonyl (C=O) groups excluding carboxylic acids is 1. The zero-order valence-electron chi connectivity index (χ0n) is 15.5. The molecule has 0 amide bonds. The number of sulfonamides is 1. The monoisotopic (exact) mass is 397 g/mol. The topological polar surface area (TPSA) is 110 Å². The number of carboxylic acid groups (broad SMARTS) is 1. The number of hydrogen-bond donors (Lipinski definition) is 2. The molecule has 1 aromatic rings. The van der Waals surface area contributed by atoms with Gasteiger partial charge in [0.1, 0.15) is 0 Å². The van der Waals surface area contributed by atoms with Crippen molar-refractivity contribution >= 4 is 22.0 Å². The molecule has 0 heterocycles. The van der Waals surface area contributed by atoms with Crippen molar-refractivity contribution in [1.82, 2.24) is 4.72 Å². The molecule has 0 aromatic heterocycles. The van der Waals surface area contributed by atoms with Gasteiger partial charge in [-0.1, -0.05) is 43.2 Å². The molecule has 0 bridgehead atoms. The van der Waals surface area contributed by atoms with E-state index in [1.54, 1.807) is 0 Å². The SMILES string of the molecule is COC(=O)C1CCCCC1S(=O)(=O)NC(CCC(=O)O)Cc1ccccc1. The number of rotatable bonds is 9. The van der Waals surface area contributed by atoms with Gasteiger partial charge in [0.2, 0.25) is 10.0 Å². The van der Waals surface area contributed by atoms with E-state index in [9.17, 15) is 18.0 Å². The second kappa shape index (κ2) is 9.85. The fourth-order valence-electron chi connectivity index (χ4n) is 3.61. The lowest BCUT2D eigenvalue weighted by Gasteiger charge is -2.31. The Bertz CT molecular complexity index is 734. The van der Waals surface area contributed by atoms with Gasteiger partial charge in [0.05, 0.1) is 18.3 Å². The number of hydrogen-bond acceptors (Lipinski definition) is 5. The lowest BCUT2D eigenvalue weighted by Crippen LogP contribution is -2.48. The van der Waals surface area contributed by atoms with Gasteiger partial charge in [0, 0.05) is 12.5 Å². The average molecular weight is 397 g/mol. The van der Waals surface area contributed by atoms with Crippen LogP contribution in [0.2, 0.25) is 0 Å². The molecule has 1 aliphatic rings. The van der Waals surface area contributed by atoms with Gasteiger partial charge in [-0.3, -0.25) is 9.59 Å². The van der Waals surface area contributed by atoms with Crippen LogP contribution in [0.3, 0.4) is 0 Å². The number of nitrogens with one attached hydrogen (secondary N) is 1. The first-order valence-electron chi connectivity index (χ1n) is 9.18. The summed E-state index contributed by atoms with van der Waals surface area (Å²) in [6.45, 7) is 0. The van der Waals surface area contributed by atoms with Crippen LogP contribution in [0.1, 0.15) is 44.1 Å². The molecule has 0 radical (unpaired) electrons. The molecule has 27 heavy (non-hydrogen) atoms. The van der Waals surface area contributed by atoms with E-state index in [-0.39, 0.29) is 12.8 Å². The Hall–Kier alpha value is -1.93. The third-order valence-corrected chi connectivity index (χ3v) is 6.99. The van der Waals surface area contributed by atoms with Crippen molar-refractivity contribution in [3.8, 4) is 0 Å². The first kappa shape index (κ1) is 21.4. The van der Waals surface area contributed by atoms with Crippen LogP contribution in [0.4, 0.5) is 0 Å². The molecule has 8 heteroatoms. The third-order valence-electron chi connectivity index (χ3n) is 4.97. The molecule has 150 valence electrons. The Kier molecular flexibility index (Phi) is 7.79. The molecule has 2 rings (SSSR count). The van der Waals surface area contributed by atoms with E-state index >= 15 is 0 Å². The molecule has 0 saturated heterocycles. The second-order valence-electron chi connectivity index (χ2n) is 6.93. The molecule has 0 spiro atoms. The van der Waals surface area contributed by atoms with Crippen LogP contribution in [0.5, 0.6) is 0 Å². The minimum Gasteiger partial charge on any atom is -0.481 e. The highest BCUT2D eigenvalue weighted by Crippen LogP contribution is 2.30.